The number of hydrogen-bond donors (Lipinski definition) is 4. The molecule has 0 bridgehead atoms. The van der Waals surface area contributed by atoms with E-state index < -0.39 is 0 Å². The predicted octanol–water partition coefficient (Wildman–Crippen LogP) is 6.02. The molecule has 0 saturated heterocycles. The van der Waals surface area contributed by atoms with E-state index in [9.17, 15) is 0 Å². The summed E-state index contributed by atoms with van der Waals surface area (Å²) in [6, 6.07) is 26.9. The molecule has 6 nitrogen and oxygen atoms in total. The first kappa shape index (κ1) is 19.1. The normalized spacial score (nSPS) is 11.3. The number of H-pyrrole nitrogens is 2. The molecule has 6 rings (SSSR count). The lowest BCUT2D eigenvalue weighted by Crippen LogP contribution is -2.04. The van der Waals surface area contributed by atoms with E-state index in [-0.39, 0.29) is 0 Å². The molecule has 0 unspecified atom stereocenters. The van der Waals surface area contributed by atoms with Crippen LogP contribution in [0.15, 0.2) is 91.3 Å². The highest BCUT2D eigenvalue weighted by Gasteiger charge is 2.10. The lowest BCUT2D eigenvalue weighted by Gasteiger charge is -2.09. The van der Waals surface area contributed by atoms with Gasteiger partial charge >= 0.3 is 0 Å². The van der Waals surface area contributed by atoms with Crippen LogP contribution in [0.2, 0.25) is 0 Å². The van der Waals surface area contributed by atoms with E-state index >= 15 is 0 Å². The van der Waals surface area contributed by atoms with Crippen LogP contribution in [0.5, 0.6) is 0 Å². The highest BCUT2D eigenvalue weighted by atomic mass is 15.1. The van der Waals surface area contributed by atoms with Gasteiger partial charge in [0.05, 0.1) is 5.69 Å². The van der Waals surface area contributed by atoms with Gasteiger partial charge in [-0.15, -0.1) is 0 Å². The fourth-order valence-corrected chi connectivity index (χ4v) is 4.21. The molecule has 0 spiro atoms. The maximum Gasteiger partial charge on any atom is 0.229 e. The number of nitrogen functional groups attached to an aromatic ring is 1. The van der Waals surface area contributed by atoms with Crippen molar-refractivity contribution >= 4 is 39.3 Å². The van der Waals surface area contributed by atoms with Gasteiger partial charge in [0.15, 0.2) is 0 Å². The molecule has 33 heavy (non-hydrogen) atoms. The molecule has 0 fully saturated rings. The zero-order chi connectivity index (χ0) is 22.2. The summed E-state index contributed by atoms with van der Waals surface area (Å²) in [5.74, 6) is 0.959. The fraction of sp³-hybridized carbons (Fsp3) is 0.0370. The van der Waals surface area contributed by atoms with Gasteiger partial charge in [-0.25, -0.2) is 4.98 Å². The summed E-state index contributed by atoms with van der Waals surface area (Å²) in [6.07, 6.45) is 4.43. The van der Waals surface area contributed by atoms with Crippen molar-refractivity contribution in [1.82, 2.24) is 19.9 Å². The van der Waals surface area contributed by atoms with Crippen LogP contribution in [0, 0.1) is 0 Å². The monoisotopic (exact) mass is 430 g/mol. The summed E-state index contributed by atoms with van der Waals surface area (Å²) in [4.78, 5) is 15.8. The Hall–Kier alpha value is -4.58. The smallest absolute Gasteiger partial charge is 0.229 e. The Morgan fingerprint density at radius 2 is 1.79 bits per heavy atom. The SMILES string of the molecule is Nc1nc(Nc2cccc3[nH]c(-c4ccccc4)cc23)ncc1Cc1ccc2[nH]ccc2c1. The average Bonchev–Trinajstić information content (AvgIpc) is 3.49. The van der Waals surface area contributed by atoms with Crippen molar-refractivity contribution in [1.29, 1.82) is 0 Å². The Labute approximate surface area is 190 Å². The molecular weight excluding hydrogens is 408 g/mol. The molecule has 0 aliphatic rings. The maximum atomic E-state index is 6.30. The number of nitrogens with one attached hydrogen (secondary N) is 3. The summed E-state index contributed by atoms with van der Waals surface area (Å²) < 4.78 is 0. The van der Waals surface area contributed by atoms with Crippen molar-refractivity contribution < 1.29 is 0 Å². The lowest BCUT2D eigenvalue weighted by molar-refractivity contribution is 1.09. The predicted molar refractivity (Wildman–Crippen MR) is 135 cm³/mol. The number of nitrogens with two attached hydrogens (primary N) is 1. The largest absolute Gasteiger partial charge is 0.383 e. The van der Waals surface area contributed by atoms with Crippen molar-refractivity contribution in [3.63, 3.8) is 0 Å². The Balaban J connectivity index is 1.27. The molecule has 6 heteroatoms. The number of fused-ring (bicyclic) bond motifs is 2. The van der Waals surface area contributed by atoms with Gasteiger partial charge in [0.2, 0.25) is 5.95 Å². The summed E-state index contributed by atoms with van der Waals surface area (Å²) in [5.41, 5.74) is 13.7. The van der Waals surface area contributed by atoms with Gasteiger partial charge in [-0.2, -0.15) is 4.98 Å². The van der Waals surface area contributed by atoms with Crippen LogP contribution in [0.4, 0.5) is 17.5 Å². The standard InChI is InChI=1S/C27H22N6/c28-26-20(14-17-9-10-22-19(13-17)11-12-29-22)16-30-27(33-26)32-24-8-4-7-23-21(24)15-25(31-23)18-5-2-1-3-6-18/h1-13,15-16,29,31H,14H2,(H3,28,30,32,33). The molecule has 3 heterocycles. The number of aromatic nitrogens is 4. The molecule has 0 saturated carbocycles. The quantitative estimate of drug-likeness (QED) is 0.269. The summed E-state index contributed by atoms with van der Waals surface area (Å²) in [7, 11) is 0. The third kappa shape index (κ3) is 3.68. The molecule has 160 valence electrons. The fourth-order valence-electron chi connectivity index (χ4n) is 4.21. The number of aromatic amines is 2. The number of benzene rings is 3. The Kier molecular flexibility index (Phi) is 4.54. The van der Waals surface area contributed by atoms with Gasteiger partial charge < -0.3 is 21.0 Å². The van der Waals surface area contributed by atoms with E-state index in [1.807, 2.05) is 36.5 Å². The van der Waals surface area contributed by atoms with Gasteiger partial charge in [-0.3, -0.25) is 0 Å². The molecule has 5 N–H and O–H groups in total. The maximum absolute atomic E-state index is 6.30. The van der Waals surface area contributed by atoms with Gasteiger partial charge in [-0.05, 0) is 52.9 Å². The number of anilines is 3. The van der Waals surface area contributed by atoms with Crippen LogP contribution >= 0.6 is 0 Å². The van der Waals surface area contributed by atoms with Crippen molar-refractivity contribution in [2.24, 2.45) is 0 Å². The highest BCUT2D eigenvalue weighted by molar-refractivity contribution is 5.96. The van der Waals surface area contributed by atoms with Crippen LogP contribution in [0.3, 0.4) is 0 Å². The zero-order valence-electron chi connectivity index (χ0n) is 17.8. The Bertz CT molecular complexity index is 1580. The van der Waals surface area contributed by atoms with Gasteiger partial charge in [0.1, 0.15) is 5.82 Å². The molecule has 3 aromatic heterocycles. The second-order valence-electron chi connectivity index (χ2n) is 8.12. The van der Waals surface area contributed by atoms with Crippen LogP contribution in [0.25, 0.3) is 33.1 Å². The minimum absolute atomic E-state index is 0.479. The minimum atomic E-state index is 0.479. The molecule has 6 aromatic rings. The lowest BCUT2D eigenvalue weighted by atomic mass is 10.1. The summed E-state index contributed by atoms with van der Waals surface area (Å²) >= 11 is 0. The van der Waals surface area contributed by atoms with Crippen LogP contribution in [-0.4, -0.2) is 19.9 Å². The van der Waals surface area contributed by atoms with E-state index in [0.29, 0.717) is 18.2 Å². The van der Waals surface area contributed by atoms with E-state index in [1.165, 1.54) is 10.9 Å². The number of nitrogens with zero attached hydrogens (tertiary/aromatic N) is 2. The van der Waals surface area contributed by atoms with Gasteiger partial charge in [0, 0.05) is 46.5 Å². The molecule has 0 aliphatic carbocycles. The van der Waals surface area contributed by atoms with Crippen LogP contribution in [-0.2, 0) is 6.42 Å². The van der Waals surface area contributed by atoms with Gasteiger partial charge in [0.25, 0.3) is 0 Å². The molecule has 3 aromatic carbocycles. The van der Waals surface area contributed by atoms with Crippen molar-refractivity contribution in [3.05, 3.63) is 102 Å². The second kappa shape index (κ2) is 7.84. The molecule has 0 aliphatic heterocycles. The topological polar surface area (TPSA) is 95.4 Å². The zero-order valence-corrected chi connectivity index (χ0v) is 17.8. The molecule has 0 amide bonds. The Morgan fingerprint density at radius 1 is 0.879 bits per heavy atom. The van der Waals surface area contributed by atoms with E-state index in [4.69, 9.17) is 5.73 Å². The average molecular weight is 431 g/mol. The van der Waals surface area contributed by atoms with Crippen molar-refractivity contribution in [2.45, 2.75) is 6.42 Å². The molecule has 0 radical (unpaired) electrons. The van der Waals surface area contributed by atoms with Crippen molar-refractivity contribution in [2.75, 3.05) is 11.1 Å². The third-order valence-electron chi connectivity index (χ3n) is 5.91. The minimum Gasteiger partial charge on any atom is -0.383 e. The summed E-state index contributed by atoms with van der Waals surface area (Å²) in [6.45, 7) is 0. The molecular formula is C27H22N6. The van der Waals surface area contributed by atoms with Crippen LogP contribution in [0.1, 0.15) is 11.1 Å². The highest BCUT2D eigenvalue weighted by Crippen LogP contribution is 2.30. The van der Waals surface area contributed by atoms with E-state index in [2.05, 4.69) is 73.8 Å². The van der Waals surface area contributed by atoms with Crippen LogP contribution < -0.4 is 11.1 Å². The number of hydrogen-bond acceptors (Lipinski definition) is 4. The summed E-state index contributed by atoms with van der Waals surface area (Å²) in [5, 5.41) is 5.59. The van der Waals surface area contributed by atoms with E-state index in [0.717, 1.165) is 38.9 Å². The molecule has 0 atom stereocenters. The van der Waals surface area contributed by atoms with Gasteiger partial charge in [-0.1, -0.05) is 42.5 Å². The van der Waals surface area contributed by atoms with Crippen molar-refractivity contribution in [3.8, 4) is 11.3 Å². The third-order valence-corrected chi connectivity index (χ3v) is 5.91. The number of rotatable bonds is 5. The van der Waals surface area contributed by atoms with E-state index in [1.54, 1.807) is 6.20 Å². The first-order valence-corrected chi connectivity index (χ1v) is 10.8. The first-order valence-electron chi connectivity index (χ1n) is 10.8. The second-order valence-corrected chi connectivity index (χ2v) is 8.12. The first-order chi connectivity index (χ1) is 16.2. The Morgan fingerprint density at radius 3 is 2.67 bits per heavy atom.